The van der Waals surface area contributed by atoms with Gasteiger partial charge in [0.15, 0.2) is 29.2 Å². The highest BCUT2D eigenvalue weighted by Crippen LogP contribution is 2.29. The van der Waals surface area contributed by atoms with Crippen LogP contribution in [0.2, 0.25) is 0 Å². The molecule has 0 bridgehead atoms. The first kappa shape index (κ1) is 23.0. The van der Waals surface area contributed by atoms with Crippen molar-refractivity contribution in [1.29, 1.82) is 0 Å². The number of hydrogen-bond acceptors (Lipinski definition) is 5. The van der Waals surface area contributed by atoms with Gasteiger partial charge in [0.2, 0.25) is 0 Å². The Morgan fingerprint density at radius 3 is 2.37 bits per heavy atom. The molecule has 30 heavy (non-hydrogen) atoms. The molecule has 2 aromatic carbocycles. The van der Waals surface area contributed by atoms with E-state index in [2.05, 4.69) is 10.9 Å². The lowest BCUT2D eigenvalue weighted by molar-refractivity contribution is -0.128. The van der Waals surface area contributed by atoms with Gasteiger partial charge in [0, 0.05) is 5.56 Å². The van der Waals surface area contributed by atoms with Gasteiger partial charge in [-0.05, 0) is 50.1 Å². The topological polar surface area (TPSA) is 85.9 Å². The molecule has 2 N–H and O–H groups in total. The minimum atomic E-state index is -1.02. The zero-order valence-electron chi connectivity index (χ0n) is 17.5. The van der Waals surface area contributed by atoms with Gasteiger partial charge in [0.05, 0.1) is 13.2 Å². The molecule has 2 amide bonds. The van der Waals surface area contributed by atoms with E-state index in [9.17, 15) is 14.0 Å². The summed E-state index contributed by atoms with van der Waals surface area (Å²) >= 11 is 0. The Balaban J connectivity index is 1.96. The van der Waals surface area contributed by atoms with Crippen molar-refractivity contribution in [3.63, 3.8) is 0 Å². The van der Waals surface area contributed by atoms with E-state index < -0.39 is 23.7 Å². The number of rotatable bonds is 9. The second-order valence-corrected chi connectivity index (χ2v) is 6.93. The van der Waals surface area contributed by atoms with E-state index in [1.54, 1.807) is 24.3 Å². The SMILES string of the molecule is CCOc1cc(C(=O)NNC(=O)[C@H](C)Oc2ccccc2F)ccc1OCC(C)C. The van der Waals surface area contributed by atoms with E-state index in [0.29, 0.717) is 30.6 Å². The van der Waals surface area contributed by atoms with Gasteiger partial charge in [-0.2, -0.15) is 0 Å². The molecule has 0 saturated carbocycles. The maximum atomic E-state index is 13.6. The molecule has 0 unspecified atom stereocenters. The van der Waals surface area contributed by atoms with Crippen LogP contribution in [0.1, 0.15) is 38.1 Å². The average molecular weight is 418 g/mol. The van der Waals surface area contributed by atoms with Crippen molar-refractivity contribution in [1.82, 2.24) is 10.9 Å². The van der Waals surface area contributed by atoms with Gasteiger partial charge in [-0.3, -0.25) is 20.4 Å². The molecule has 1 atom stereocenters. The Morgan fingerprint density at radius 2 is 1.70 bits per heavy atom. The van der Waals surface area contributed by atoms with Gasteiger partial charge in [-0.1, -0.05) is 26.0 Å². The summed E-state index contributed by atoms with van der Waals surface area (Å²) < 4.78 is 30.2. The van der Waals surface area contributed by atoms with Gasteiger partial charge in [0.25, 0.3) is 11.8 Å². The molecule has 2 aromatic rings. The van der Waals surface area contributed by atoms with Crippen molar-refractivity contribution in [3.8, 4) is 17.2 Å². The minimum Gasteiger partial charge on any atom is -0.490 e. The van der Waals surface area contributed by atoms with Crippen LogP contribution in [0.3, 0.4) is 0 Å². The number of benzene rings is 2. The normalized spacial score (nSPS) is 11.5. The number of hydrazine groups is 1. The summed E-state index contributed by atoms with van der Waals surface area (Å²) in [5, 5.41) is 0. The Hall–Kier alpha value is -3.29. The van der Waals surface area contributed by atoms with Gasteiger partial charge in [-0.15, -0.1) is 0 Å². The minimum absolute atomic E-state index is 0.0511. The smallest absolute Gasteiger partial charge is 0.279 e. The molecule has 2 rings (SSSR count). The third-order valence-corrected chi connectivity index (χ3v) is 3.89. The van der Waals surface area contributed by atoms with Crippen molar-refractivity contribution >= 4 is 11.8 Å². The van der Waals surface area contributed by atoms with Gasteiger partial charge >= 0.3 is 0 Å². The number of amides is 2. The van der Waals surface area contributed by atoms with Crippen LogP contribution in [0.25, 0.3) is 0 Å². The summed E-state index contributed by atoms with van der Waals surface area (Å²) in [5.41, 5.74) is 4.86. The number of halogens is 1. The summed E-state index contributed by atoms with van der Waals surface area (Å²) in [5.74, 6) is -0.488. The third kappa shape index (κ3) is 6.65. The lowest BCUT2D eigenvalue weighted by atomic mass is 10.2. The number of ether oxygens (including phenoxy) is 3. The van der Waals surface area contributed by atoms with Crippen molar-refractivity contribution in [2.45, 2.75) is 33.8 Å². The van der Waals surface area contributed by atoms with E-state index in [1.165, 1.54) is 25.1 Å². The zero-order chi connectivity index (χ0) is 22.1. The van der Waals surface area contributed by atoms with E-state index in [0.717, 1.165) is 0 Å². The van der Waals surface area contributed by atoms with E-state index in [-0.39, 0.29) is 11.3 Å². The Bertz CT molecular complexity index is 872. The third-order valence-electron chi connectivity index (χ3n) is 3.89. The van der Waals surface area contributed by atoms with Crippen molar-refractivity contribution in [2.75, 3.05) is 13.2 Å². The number of hydrogen-bond donors (Lipinski definition) is 2. The van der Waals surface area contributed by atoms with Crippen molar-refractivity contribution in [3.05, 3.63) is 53.8 Å². The molecule has 0 fully saturated rings. The highest BCUT2D eigenvalue weighted by Gasteiger charge is 2.18. The molecule has 0 aliphatic carbocycles. The predicted molar refractivity (Wildman–Crippen MR) is 110 cm³/mol. The van der Waals surface area contributed by atoms with Crippen LogP contribution < -0.4 is 25.1 Å². The maximum Gasteiger partial charge on any atom is 0.279 e. The maximum absolute atomic E-state index is 13.6. The van der Waals surface area contributed by atoms with Crippen LogP contribution >= 0.6 is 0 Å². The lowest BCUT2D eigenvalue weighted by Crippen LogP contribution is -2.47. The first-order chi connectivity index (χ1) is 14.3. The first-order valence-corrected chi connectivity index (χ1v) is 9.72. The average Bonchev–Trinajstić information content (AvgIpc) is 2.72. The molecule has 0 aromatic heterocycles. The summed E-state index contributed by atoms with van der Waals surface area (Å²) in [6.07, 6.45) is -1.02. The Kier molecular flexibility index (Phi) is 8.46. The van der Waals surface area contributed by atoms with Gasteiger partial charge in [0.1, 0.15) is 0 Å². The largest absolute Gasteiger partial charge is 0.490 e. The molecule has 0 radical (unpaired) electrons. The molecule has 0 aliphatic rings. The van der Waals surface area contributed by atoms with Crippen LogP contribution in [0.4, 0.5) is 4.39 Å². The molecule has 0 saturated heterocycles. The van der Waals surface area contributed by atoms with Crippen LogP contribution in [0, 0.1) is 11.7 Å². The van der Waals surface area contributed by atoms with Crippen molar-refractivity contribution in [2.24, 2.45) is 5.92 Å². The van der Waals surface area contributed by atoms with Crippen LogP contribution in [0.15, 0.2) is 42.5 Å². The van der Waals surface area contributed by atoms with E-state index in [1.807, 2.05) is 20.8 Å². The Labute approximate surface area is 175 Å². The summed E-state index contributed by atoms with van der Waals surface area (Å²) in [6.45, 7) is 8.26. The lowest BCUT2D eigenvalue weighted by Gasteiger charge is -2.16. The van der Waals surface area contributed by atoms with Crippen LogP contribution in [0.5, 0.6) is 17.2 Å². The van der Waals surface area contributed by atoms with E-state index in [4.69, 9.17) is 14.2 Å². The summed E-state index contributed by atoms with van der Waals surface area (Å²) in [7, 11) is 0. The molecule has 0 aliphatic heterocycles. The predicted octanol–water partition coefficient (Wildman–Crippen LogP) is 3.49. The standard InChI is InChI=1S/C22H27FN2O5/c1-5-28-20-12-16(10-11-19(20)29-13-14(2)3)22(27)25-24-21(26)15(4)30-18-9-7-6-8-17(18)23/h6-12,14-15H,5,13H2,1-4H3,(H,24,26)(H,25,27)/t15-/m0/s1. The fraction of sp³-hybridized carbons (Fsp3) is 0.364. The number of para-hydroxylation sites is 1. The van der Waals surface area contributed by atoms with Crippen molar-refractivity contribution < 1.29 is 28.2 Å². The van der Waals surface area contributed by atoms with Gasteiger partial charge < -0.3 is 14.2 Å². The summed E-state index contributed by atoms with van der Waals surface area (Å²) in [4.78, 5) is 24.5. The highest BCUT2D eigenvalue weighted by atomic mass is 19.1. The fourth-order valence-electron chi connectivity index (χ4n) is 2.37. The van der Waals surface area contributed by atoms with E-state index >= 15 is 0 Å². The second kappa shape index (κ2) is 11.0. The number of carbonyl (C=O) groups excluding carboxylic acids is 2. The summed E-state index contributed by atoms with van der Waals surface area (Å²) in [6, 6.07) is 10.5. The van der Waals surface area contributed by atoms with Crippen LogP contribution in [-0.2, 0) is 4.79 Å². The molecule has 162 valence electrons. The molecule has 7 nitrogen and oxygen atoms in total. The molecular formula is C22H27FN2O5. The molecular weight excluding hydrogens is 391 g/mol. The Morgan fingerprint density at radius 1 is 0.967 bits per heavy atom. The molecule has 8 heteroatoms. The molecule has 0 heterocycles. The fourth-order valence-corrected chi connectivity index (χ4v) is 2.37. The van der Waals surface area contributed by atoms with Crippen LogP contribution in [-0.4, -0.2) is 31.1 Å². The first-order valence-electron chi connectivity index (χ1n) is 9.72. The second-order valence-electron chi connectivity index (χ2n) is 6.93. The number of nitrogens with one attached hydrogen (secondary N) is 2. The zero-order valence-corrected chi connectivity index (χ0v) is 17.5. The quantitative estimate of drug-likeness (QED) is 0.609. The monoisotopic (exact) mass is 418 g/mol. The van der Waals surface area contributed by atoms with Gasteiger partial charge in [-0.25, -0.2) is 4.39 Å². The number of carbonyl (C=O) groups is 2. The molecule has 0 spiro atoms. The highest BCUT2D eigenvalue weighted by molar-refractivity contribution is 5.96.